The number of phenols is 1. The lowest BCUT2D eigenvalue weighted by atomic mass is 10.0. The van der Waals surface area contributed by atoms with Gasteiger partial charge in [0.2, 0.25) is 0 Å². The van der Waals surface area contributed by atoms with Crippen LogP contribution in [0.3, 0.4) is 0 Å². The molecule has 1 N–H and O–H groups in total. The molecule has 3 heteroatoms. The van der Waals surface area contributed by atoms with Gasteiger partial charge < -0.3 is 5.11 Å². The first-order chi connectivity index (χ1) is 9.13. The van der Waals surface area contributed by atoms with Gasteiger partial charge in [0.15, 0.2) is 0 Å². The van der Waals surface area contributed by atoms with Gasteiger partial charge in [-0.1, -0.05) is 12.1 Å². The highest BCUT2D eigenvalue weighted by atomic mass is 32.1. The Morgan fingerprint density at radius 2 is 2.00 bits per heavy atom. The van der Waals surface area contributed by atoms with Crippen LogP contribution in [0.2, 0.25) is 0 Å². The highest BCUT2D eigenvalue weighted by Gasteiger charge is 2.17. The smallest absolute Gasteiger partial charge is 0.121 e. The Morgan fingerprint density at radius 3 is 2.74 bits per heavy atom. The zero-order valence-electron chi connectivity index (χ0n) is 11.4. The summed E-state index contributed by atoms with van der Waals surface area (Å²) in [7, 11) is 0. The molecule has 2 nitrogen and oxygen atoms in total. The lowest BCUT2D eigenvalue weighted by Crippen LogP contribution is -2.29. The molecule has 0 unspecified atom stereocenters. The third-order valence-electron chi connectivity index (χ3n) is 3.86. The van der Waals surface area contributed by atoms with Gasteiger partial charge in [-0.3, -0.25) is 4.90 Å². The Bertz CT molecular complexity index is 580. The molecule has 19 heavy (non-hydrogen) atoms. The van der Waals surface area contributed by atoms with Gasteiger partial charge in [-0.2, -0.15) is 0 Å². The maximum Gasteiger partial charge on any atom is 0.121 e. The lowest BCUT2D eigenvalue weighted by Gasteiger charge is -2.27. The van der Waals surface area contributed by atoms with Gasteiger partial charge in [-0.05, 0) is 54.0 Å². The zero-order chi connectivity index (χ0) is 13.4. The topological polar surface area (TPSA) is 23.5 Å². The van der Waals surface area contributed by atoms with Gasteiger partial charge in [-0.25, -0.2) is 0 Å². The van der Waals surface area contributed by atoms with Gasteiger partial charge in [0.25, 0.3) is 0 Å². The maximum atomic E-state index is 9.83. The predicted octanol–water partition coefficient (Wildman–Crippen LogP) is 3.63. The molecule has 2 aromatic rings. The van der Waals surface area contributed by atoms with Crippen molar-refractivity contribution >= 4 is 11.3 Å². The molecule has 0 fully saturated rings. The Labute approximate surface area is 118 Å². The molecule has 0 spiro atoms. The summed E-state index contributed by atoms with van der Waals surface area (Å²) in [6.07, 6.45) is 1.16. The van der Waals surface area contributed by atoms with Gasteiger partial charge in [0.1, 0.15) is 5.75 Å². The van der Waals surface area contributed by atoms with E-state index in [1.54, 1.807) is 0 Å². The average molecular weight is 273 g/mol. The molecule has 0 bridgehead atoms. The van der Waals surface area contributed by atoms with Crippen LogP contribution in [0, 0.1) is 13.8 Å². The molecule has 3 rings (SSSR count). The number of thiophene rings is 1. The van der Waals surface area contributed by atoms with Crippen molar-refractivity contribution in [3.05, 3.63) is 50.7 Å². The van der Waals surface area contributed by atoms with E-state index in [1.807, 2.05) is 25.2 Å². The number of benzene rings is 1. The highest BCUT2D eigenvalue weighted by Crippen LogP contribution is 2.27. The van der Waals surface area contributed by atoms with Crippen molar-refractivity contribution in [2.75, 3.05) is 6.54 Å². The first-order valence-electron chi connectivity index (χ1n) is 6.70. The summed E-state index contributed by atoms with van der Waals surface area (Å²) in [6.45, 7) is 7.10. The Kier molecular flexibility index (Phi) is 3.33. The molecule has 0 atom stereocenters. The summed E-state index contributed by atoms with van der Waals surface area (Å²) in [5.41, 5.74) is 4.78. The molecule has 0 amide bonds. The van der Waals surface area contributed by atoms with Crippen LogP contribution < -0.4 is 0 Å². The fraction of sp³-hybridized carbons (Fsp3) is 0.375. The normalized spacial score (nSPS) is 15.5. The fourth-order valence-electron chi connectivity index (χ4n) is 2.82. The predicted molar refractivity (Wildman–Crippen MR) is 79.7 cm³/mol. The molecule has 2 heterocycles. The quantitative estimate of drug-likeness (QED) is 0.903. The van der Waals surface area contributed by atoms with E-state index in [4.69, 9.17) is 0 Å². The summed E-state index contributed by atoms with van der Waals surface area (Å²) in [5.74, 6) is 0.433. The zero-order valence-corrected chi connectivity index (χ0v) is 12.3. The second-order valence-electron chi connectivity index (χ2n) is 5.41. The molecule has 0 saturated carbocycles. The van der Waals surface area contributed by atoms with Crippen molar-refractivity contribution in [1.82, 2.24) is 4.90 Å². The van der Waals surface area contributed by atoms with Gasteiger partial charge in [0, 0.05) is 24.5 Å². The SMILES string of the molecule is Cc1cc(CN2CCc3ccsc3C2)cc(C)c1O. The van der Waals surface area contributed by atoms with E-state index in [2.05, 4.69) is 28.5 Å². The van der Waals surface area contributed by atoms with E-state index in [9.17, 15) is 5.11 Å². The molecule has 0 aliphatic carbocycles. The van der Waals surface area contributed by atoms with Crippen LogP contribution >= 0.6 is 11.3 Å². The minimum Gasteiger partial charge on any atom is -0.507 e. The molecule has 1 aliphatic rings. The summed E-state index contributed by atoms with van der Waals surface area (Å²) < 4.78 is 0. The molecule has 100 valence electrons. The number of nitrogens with zero attached hydrogens (tertiary/aromatic N) is 1. The standard InChI is InChI=1S/C16H19NOS/c1-11-7-13(8-12(2)16(11)18)9-17-5-3-14-4-6-19-15(14)10-17/h4,6-8,18H,3,5,9-10H2,1-2H3. The van der Waals surface area contributed by atoms with E-state index in [0.717, 1.165) is 37.2 Å². The minimum absolute atomic E-state index is 0.433. The Balaban J connectivity index is 1.76. The Morgan fingerprint density at radius 1 is 1.26 bits per heavy atom. The van der Waals surface area contributed by atoms with Crippen LogP contribution in [-0.4, -0.2) is 16.6 Å². The number of rotatable bonds is 2. The van der Waals surface area contributed by atoms with Crippen LogP contribution in [0.4, 0.5) is 0 Å². The average Bonchev–Trinajstić information content (AvgIpc) is 2.83. The second kappa shape index (κ2) is 4.99. The van der Waals surface area contributed by atoms with Crippen LogP contribution in [0.5, 0.6) is 5.75 Å². The number of hydrogen-bond acceptors (Lipinski definition) is 3. The summed E-state index contributed by atoms with van der Waals surface area (Å²) >= 11 is 1.87. The first kappa shape index (κ1) is 12.7. The van der Waals surface area contributed by atoms with Crippen molar-refractivity contribution in [3.8, 4) is 5.75 Å². The van der Waals surface area contributed by atoms with Crippen LogP contribution in [-0.2, 0) is 19.5 Å². The third-order valence-corrected chi connectivity index (χ3v) is 4.81. The number of phenolic OH excluding ortho intramolecular Hbond substituents is 1. The van der Waals surface area contributed by atoms with Crippen LogP contribution in [0.1, 0.15) is 27.1 Å². The number of aryl methyl sites for hydroxylation is 2. The van der Waals surface area contributed by atoms with Crippen LogP contribution in [0.15, 0.2) is 23.6 Å². The van der Waals surface area contributed by atoms with E-state index in [1.165, 1.54) is 16.0 Å². The molecule has 0 saturated heterocycles. The number of hydrogen-bond donors (Lipinski definition) is 1. The van der Waals surface area contributed by atoms with E-state index < -0.39 is 0 Å². The first-order valence-corrected chi connectivity index (χ1v) is 7.58. The van der Waals surface area contributed by atoms with Crippen LogP contribution in [0.25, 0.3) is 0 Å². The van der Waals surface area contributed by atoms with E-state index in [0.29, 0.717) is 5.75 Å². The molecule has 1 aliphatic heterocycles. The largest absolute Gasteiger partial charge is 0.507 e. The monoisotopic (exact) mass is 273 g/mol. The summed E-state index contributed by atoms with van der Waals surface area (Å²) in [5, 5.41) is 12.0. The molecular weight excluding hydrogens is 254 g/mol. The van der Waals surface area contributed by atoms with E-state index >= 15 is 0 Å². The van der Waals surface area contributed by atoms with Crippen molar-refractivity contribution in [2.24, 2.45) is 0 Å². The maximum absolute atomic E-state index is 9.83. The Hall–Kier alpha value is -1.32. The molecule has 1 aromatic carbocycles. The molecule has 1 aromatic heterocycles. The number of fused-ring (bicyclic) bond motifs is 1. The second-order valence-corrected chi connectivity index (χ2v) is 6.41. The van der Waals surface area contributed by atoms with Crippen molar-refractivity contribution in [3.63, 3.8) is 0 Å². The third kappa shape index (κ3) is 2.53. The summed E-state index contributed by atoms with van der Waals surface area (Å²) in [4.78, 5) is 4.00. The van der Waals surface area contributed by atoms with Gasteiger partial charge >= 0.3 is 0 Å². The van der Waals surface area contributed by atoms with Gasteiger partial charge in [-0.15, -0.1) is 11.3 Å². The van der Waals surface area contributed by atoms with E-state index in [-0.39, 0.29) is 0 Å². The minimum atomic E-state index is 0.433. The lowest BCUT2D eigenvalue weighted by molar-refractivity contribution is 0.248. The van der Waals surface area contributed by atoms with Crippen molar-refractivity contribution < 1.29 is 5.11 Å². The van der Waals surface area contributed by atoms with Crippen molar-refractivity contribution in [1.29, 1.82) is 0 Å². The number of aromatic hydroxyl groups is 1. The highest BCUT2D eigenvalue weighted by molar-refractivity contribution is 7.10. The fourth-order valence-corrected chi connectivity index (χ4v) is 3.79. The molecular formula is C16H19NOS. The van der Waals surface area contributed by atoms with Gasteiger partial charge in [0.05, 0.1) is 0 Å². The summed E-state index contributed by atoms with van der Waals surface area (Å²) in [6, 6.07) is 6.46. The van der Waals surface area contributed by atoms with Crippen molar-refractivity contribution in [2.45, 2.75) is 33.4 Å². The molecule has 0 radical (unpaired) electrons.